The van der Waals surface area contributed by atoms with Crippen molar-refractivity contribution in [1.29, 1.82) is 0 Å². The molecule has 0 fully saturated rings. The fraction of sp³-hybridized carbons (Fsp3) is 0.353. The van der Waals surface area contributed by atoms with Crippen LogP contribution in [-0.4, -0.2) is 39.7 Å². The second-order valence-electron chi connectivity index (χ2n) is 5.63. The van der Waals surface area contributed by atoms with E-state index in [4.69, 9.17) is 9.84 Å². The quantitative estimate of drug-likeness (QED) is 0.468. The Morgan fingerprint density at radius 1 is 1.25 bits per heavy atom. The van der Waals surface area contributed by atoms with E-state index in [9.17, 15) is 23.5 Å². The molecule has 1 aromatic carbocycles. The van der Waals surface area contributed by atoms with E-state index >= 15 is 0 Å². The van der Waals surface area contributed by atoms with E-state index in [-0.39, 0.29) is 35.2 Å². The number of nitrogens with zero attached hydrogens (tertiary/aromatic N) is 1. The summed E-state index contributed by atoms with van der Waals surface area (Å²) in [5.74, 6) is -2.97. The Morgan fingerprint density at radius 3 is 2.57 bits per heavy atom. The maximum atomic E-state index is 14.0. The molecule has 1 heterocycles. The number of hydrogen-bond acceptors (Lipinski definition) is 6. The van der Waals surface area contributed by atoms with Gasteiger partial charge in [0.15, 0.2) is 5.56 Å². The minimum Gasteiger partial charge on any atom is -0.477 e. The van der Waals surface area contributed by atoms with Crippen molar-refractivity contribution in [2.75, 3.05) is 18.5 Å². The first-order valence-electron chi connectivity index (χ1n) is 8.35. The molecule has 2 aromatic rings. The number of halogens is 2. The smallest absolute Gasteiger partial charge is 0.344 e. The summed E-state index contributed by atoms with van der Waals surface area (Å²) in [6, 6.07) is 1.39. The molecule has 1 aromatic heterocycles. The zero-order valence-electron chi connectivity index (χ0n) is 14.9. The predicted molar refractivity (Wildman–Crippen MR) is 97.9 cm³/mol. The molecule has 0 radical (unpaired) electrons. The van der Waals surface area contributed by atoms with Crippen molar-refractivity contribution in [3.8, 4) is 5.88 Å². The summed E-state index contributed by atoms with van der Waals surface area (Å²) >= 11 is 0.676. The SMILES string of the molecule is CCc1cc(F)c(COc2nsc(NC(=O)NCCCO)c2C(=O)O)cc1F. The molecule has 0 saturated carbocycles. The molecule has 0 aliphatic heterocycles. The summed E-state index contributed by atoms with van der Waals surface area (Å²) in [7, 11) is 0. The molecule has 0 aliphatic carbocycles. The number of carbonyl (C=O) groups excluding carboxylic acids is 1. The number of aliphatic hydroxyl groups excluding tert-OH is 1. The van der Waals surface area contributed by atoms with Gasteiger partial charge in [0.25, 0.3) is 0 Å². The summed E-state index contributed by atoms with van der Waals surface area (Å²) in [4.78, 5) is 23.3. The Balaban J connectivity index is 2.12. The van der Waals surface area contributed by atoms with Crippen molar-refractivity contribution in [3.05, 3.63) is 40.5 Å². The highest BCUT2D eigenvalue weighted by Gasteiger charge is 2.24. The Morgan fingerprint density at radius 2 is 1.93 bits per heavy atom. The molecular weight excluding hydrogens is 396 g/mol. The van der Waals surface area contributed by atoms with Gasteiger partial charge in [-0.05, 0) is 42.1 Å². The van der Waals surface area contributed by atoms with Gasteiger partial charge < -0.3 is 20.3 Å². The van der Waals surface area contributed by atoms with Gasteiger partial charge in [-0.2, -0.15) is 4.37 Å². The highest BCUT2D eigenvalue weighted by molar-refractivity contribution is 7.11. The van der Waals surface area contributed by atoms with Gasteiger partial charge in [-0.25, -0.2) is 18.4 Å². The van der Waals surface area contributed by atoms with Crippen LogP contribution >= 0.6 is 11.5 Å². The number of hydrogen-bond donors (Lipinski definition) is 4. The lowest BCUT2D eigenvalue weighted by Crippen LogP contribution is -2.30. The molecule has 0 spiro atoms. The number of anilines is 1. The lowest BCUT2D eigenvalue weighted by atomic mass is 10.1. The topological polar surface area (TPSA) is 121 Å². The normalized spacial score (nSPS) is 10.6. The lowest BCUT2D eigenvalue weighted by Gasteiger charge is -2.09. The molecule has 0 bridgehead atoms. The summed E-state index contributed by atoms with van der Waals surface area (Å²) in [5.41, 5.74) is -0.261. The third-order valence-electron chi connectivity index (χ3n) is 3.68. The van der Waals surface area contributed by atoms with E-state index in [0.29, 0.717) is 24.4 Å². The van der Waals surface area contributed by atoms with Crippen LogP contribution in [0.1, 0.15) is 34.8 Å². The van der Waals surface area contributed by atoms with Crippen LogP contribution < -0.4 is 15.4 Å². The number of amides is 2. The monoisotopic (exact) mass is 415 g/mol. The van der Waals surface area contributed by atoms with Crippen molar-refractivity contribution in [2.45, 2.75) is 26.4 Å². The van der Waals surface area contributed by atoms with Gasteiger partial charge in [-0.3, -0.25) is 5.32 Å². The molecule has 4 N–H and O–H groups in total. The van der Waals surface area contributed by atoms with E-state index in [2.05, 4.69) is 15.0 Å². The van der Waals surface area contributed by atoms with Crippen LogP contribution in [0.5, 0.6) is 5.88 Å². The first-order chi connectivity index (χ1) is 13.4. The number of aromatic carboxylic acids is 1. The minimum absolute atomic E-state index is 0.0722. The molecule has 28 heavy (non-hydrogen) atoms. The van der Waals surface area contributed by atoms with Gasteiger partial charge in [-0.15, -0.1) is 0 Å². The zero-order chi connectivity index (χ0) is 20.7. The molecule has 0 aliphatic rings. The average Bonchev–Trinajstić information content (AvgIpc) is 3.04. The van der Waals surface area contributed by atoms with Crippen LogP contribution in [0.15, 0.2) is 12.1 Å². The van der Waals surface area contributed by atoms with Crippen molar-refractivity contribution >= 4 is 28.5 Å². The highest BCUT2D eigenvalue weighted by Crippen LogP contribution is 2.31. The first-order valence-corrected chi connectivity index (χ1v) is 9.13. The van der Waals surface area contributed by atoms with Crippen LogP contribution in [0.4, 0.5) is 18.6 Å². The van der Waals surface area contributed by atoms with Crippen LogP contribution in [-0.2, 0) is 13.0 Å². The third-order valence-corrected chi connectivity index (χ3v) is 4.43. The molecule has 11 heteroatoms. The zero-order valence-corrected chi connectivity index (χ0v) is 15.7. The van der Waals surface area contributed by atoms with Crippen LogP contribution in [0.25, 0.3) is 0 Å². The number of aromatic nitrogens is 1. The molecule has 0 saturated heterocycles. The maximum absolute atomic E-state index is 14.0. The second kappa shape index (κ2) is 9.95. The fourth-order valence-electron chi connectivity index (χ4n) is 2.23. The highest BCUT2D eigenvalue weighted by atomic mass is 32.1. The van der Waals surface area contributed by atoms with Crippen LogP contribution in [0.2, 0.25) is 0 Å². The van der Waals surface area contributed by atoms with E-state index in [0.717, 1.165) is 12.1 Å². The average molecular weight is 415 g/mol. The van der Waals surface area contributed by atoms with Gasteiger partial charge in [0.1, 0.15) is 23.2 Å². The van der Waals surface area contributed by atoms with Crippen molar-refractivity contribution in [2.24, 2.45) is 0 Å². The fourth-order valence-corrected chi connectivity index (χ4v) is 2.96. The van der Waals surface area contributed by atoms with Crippen molar-refractivity contribution < 1.29 is 33.3 Å². The van der Waals surface area contributed by atoms with E-state index in [1.807, 2.05) is 0 Å². The Labute approximate surface area is 163 Å². The minimum atomic E-state index is -1.40. The number of aliphatic hydroxyl groups is 1. The van der Waals surface area contributed by atoms with Crippen molar-refractivity contribution in [3.63, 3.8) is 0 Å². The summed E-state index contributed by atoms with van der Waals surface area (Å²) in [6.45, 7) is 1.36. The summed E-state index contributed by atoms with van der Waals surface area (Å²) in [6.07, 6.45) is 0.670. The number of carbonyl (C=O) groups is 2. The number of benzene rings is 1. The van der Waals surface area contributed by atoms with Crippen LogP contribution in [0, 0.1) is 11.6 Å². The van der Waals surface area contributed by atoms with E-state index in [1.165, 1.54) is 0 Å². The molecule has 8 nitrogen and oxygen atoms in total. The van der Waals surface area contributed by atoms with Gasteiger partial charge in [0, 0.05) is 18.7 Å². The van der Waals surface area contributed by atoms with Gasteiger partial charge in [0.05, 0.1) is 0 Å². The lowest BCUT2D eigenvalue weighted by molar-refractivity contribution is 0.0693. The first kappa shape index (κ1) is 21.5. The second-order valence-corrected chi connectivity index (χ2v) is 6.41. The molecular formula is C17H19F2N3O5S. The van der Waals surface area contributed by atoms with E-state index < -0.39 is 35.8 Å². The number of ether oxygens (including phenoxy) is 1. The Kier molecular flexibility index (Phi) is 7.64. The van der Waals surface area contributed by atoms with E-state index in [1.54, 1.807) is 6.92 Å². The predicted octanol–water partition coefficient (Wildman–Crippen LogP) is 2.76. The number of aryl methyl sites for hydroxylation is 1. The largest absolute Gasteiger partial charge is 0.477 e. The molecule has 0 unspecified atom stereocenters. The molecule has 0 atom stereocenters. The van der Waals surface area contributed by atoms with Crippen molar-refractivity contribution in [1.82, 2.24) is 9.69 Å². The molecule has 152 valence electrons. The maximum Gasteiger partial charge on any atom is 0.344 e. The molecule has 2 rings (SSSR count). The number of urea groups is 1. The molecule has 2 amide bonds. The number of rotatable bonds is 9. The van der Waals surface area contributed by atoms with Gasteiger partial charge in [0.2, 0.25) is 5.88 Å². The third kappa shape index (κ3) is 5.36. The summed E-state index contributed by atoms with van der Waals surface area (Å²) in [5, 5.41) is 22.8. The van der Waals surface area contributed by atoms with Gasteiger partial charge in [-0.1, -0.05) is 6.92 Å². The number of carboxylic acid groups (broad SMARTS) is 1. The number of carboxylic acids is 1. The van der Waals surface area contributed by atoms with Crippen LogP contribution in [0.3, 0.4) is 0 Å². The number of nitrogens with one attached hydrogen (secondary N) is 2. The summed E-state index contributed by atoms with van der Waals surface area (Å²) < 4.78 is 37.0. The Hall–Kier alpha value is -2.79. The standard InChI is InChI=1S/C17H19F2N3O5S/c1-2-9-6-12(19)10(7-11(9)18)8-27-14-13(16(24)25)15(28-22-14)21-17(26)20-4-3-5-23/h6-7,23H,2-5,8H2,1H3,(H,24,25)(H2,20,21,26). The Bertz CT molecular complexity index is 860. The van der Waals surface area contributed by atoms with Gasteiger partial charge >= 0.3 is 12.0 Å².